The molecule has 0 amide bonds. The molecule has 26 heavy (non-hydrogen) atoms. The Balaban J connectivity index is 1.83. The summed E-state index contributed by atoms with van der Waals surface area (Å²) in [6, 6.07) is 19.2. The van der Waals surface area contributed by atoms with E-state index in [1.807, 2.05) is 60.7 Å². The van der Waals surface area contributed by atoms with Crippen molar-refractivity contribution in [2.75, 3.05) is 11.5 Å². The third-order valence-electron chi connectivity index (χ3n) is 3.70. The van der Waals surface area contributed by atoms with Gasteiger partial charge in [0.1, 0.15) is 0 Å². The summed E-state index contributed by atoms with van der Waals surface area (Å²) in [6.45, 7) is 0. The summed E-state index contributed by atoms with van der Waals surface area (Å²) >= 11 is 3.17. The fraction of sp³-hybridized carbons (Fsp3) is 0.0909. The van der Waals surface area contributed by atoms with Crippen molar-refractivity contribution >= 4 is 47.2 Å². The second-order valence-electron chi connectivity index (χ2n) is 5.58. The van der Waals surface area contributed by atoms with Crippen LogP contribution >= 0.6 is 23.5 Å². The Bertz CT molecular complexity index is 794. The molecule has 1 fully saturated rings. The predicted octanol–water partition coefficient (Wildman–Crippen LogP) is 5.24. The van der Waals surface area contributed by atoms with Crippen molar-refractivity contribution in [3.8, 4) is 0 Å². The minimum Gasteiger partial charge on any atom is -0.289 e. The summed E-state index contributed by atoms with van der Waals surface area (Å²) in [5, 5.41) is 0. The molecule has 1 heterocycles. The van der Waals surface area contributed by atoms with Gasteiger partial charge in [-0.25, -0.2) is 0 Å². The van der Waals surface area contributed by atoms with Crippen molar-refractivity contribution in [3.63, 3.8) is 0 Å². The first kappa shape index (κ1) is 18.5. The maximum absolute atomic E-state index is 12.7. The zero-order valence-corrected chi connectivity index (χ0v) is 15.8. The van der Waals surface area contributed by atoms with Gasteiger partial charge in [-0.3, -0.25) is 9.59 Å². The number of ketones is 2. The van der Waals surface area contributed by atoms with Gasteiger partial charge in [0.15, 0.2) is 11.6 Å². The van der Waals surface area contributed by atoms with Crippen LogP contribution in [0.3, 0.4) is 0 Å². The molecule has 0 aromatic heterocycles. The number of carbonyl (C=O) groups is 2. The standard InChI is InChI=1S/C22H18O2S2/c23-19(13-11-17-7-3-1-4-8-17)21(22-25-15-16-26-22)20(24)14-12-18-9-5-2-6-10-18/h1-14H,15-16H2/b13-11+,14-12+. The highest BCUT2D eigenvalue weighted by Gasteiger charge is 2.23. The lowest BCUT2D eigenvalue weighted by atomic mass is 10.1. The van der Waals surface area contributed by atoms with Crippen LogP contribution < -0.4 is 0 Å². The van der Waals surface area contributed by atoms with Gasteiger partial charge < -0.3 is 0 Å². The summed E-state index contributed by atoms with van der Waals surface area (Å²) in [5.41, 5.74) is 2.14. The van der Waals surface area contributed by atoms with Crippen LogP contribution in [0.25, 0.3) is 12.2 Å². The largest absolute Gasteiger partial charge is 0.289 e. The van der Waals surface area contributed by atoms with Gasteiger partial charge in [0.2, 0.25) is 0 Å². The quantitative estimate of drug-likeness (QED) is 0.391. The molecule has 2 aromatic rings. The molecule has 0 N–H and O–H groups in total. The summed E-state index contributed by atoms with van der Waals surface area (Å²) in [5.74, 6) is 1.37. The number of thioether (sulfide) groups is 2. The zero-order valence-electron chi connectivity index (χ0n) is 14.1. The second kappa shape index (κ2) is 9.41. The van der Waals surface area contributed by atoms with E-state index < -0.39 is 0 Å². The van der Waals surface area contributed by atoms with Crippen LogP contribution in [0.5, 0.6) is 0 Å². The number of benzene rings is 2. The van der Waals surface area contributed by atoms with Crippen LogP contribution in [0.1, 0.15) is 11.1 Å². The average Bonchev–Trinajstić information content (AvgIpc) is 3.21. The molecule has 1 saturated heterocycles. The highest BCUT2D eigenvalue weighted by molar-refractivity contribution is 8.25. The van der Waals surface area contributed by atoms with E-state index in [1.165, 1.54) is 12.2 Å². The van der Waals surface area contributed by atoms with Crippen molar-refractivity contribution in [2.24, 2.45) is 0 Å². The fourth-order valence-electron chi connectivity index (χ4n) is 2.42. The lowest BCUT2D eigenvalue weighted by Gasteiger charge is -2.04. The molecular formula is C22H18O2S2. The van der Waals surface area contributed by atoms with Gasteiger partial charge in [0, 0.05) is 11.5 Å². The molecule has 0 saturated carbocycles. The zero-order chi connectivity index (χ0) is 18.2. The van der Waals surface area contributed by atoms with Crippen LogP contribution in [0.4, 0.5) is 0 Å². The van der Waals surface area contributed by atoms with E-state index in [9.17, 15) is 9.59 Å². The molecular weight excluding hydrogens is 360 g/mol. The van der Waals surface area contributed by atoms with Crippen molar-refractivity contribution in [2.45, 2.75) is 0 Å². The first-order chi connectivity index (χ1) is 12.7. The van der Waals surface area contributed by atoms with Gasteiger partial charge in [-0.2, -0.15) is 0 Å². The Labute approximate surface area is 162 Å². The topological polar surface area (TPSA) is 34.1 Å². The molecule has 2 nitrogen and oxygen atoms in total. The number of hydrogen-bond donors (Lipinski definition) is 0. The Morgan fingerprint density at radius 2 is 1.12 bits per heavy atom. The first-order valence-corrected chi connectivity index (χ1v) is 10.3. The molecule has 0 aliphatic carbocycles. The number of allylic oxidation sites excluding steroid dienone is 3. The maximum Gasteiger partial charge on any atom is 0.191 e. The van der Waals surface area contributed by atoms with Crippen LogP contribution in [0.2, 0.25) is 0 Å². The SMILES string of the molecule is O=C(/C=C/c1ccccc1)C(C(=O)/C=C/c1ccccc1)=C1SCCS1. The van der Waals surface area contributed by atoms with Gasteiger partial charge in [-0.05, 0) is 23.3 Å². The summed E-state index contributed by atoms with van der Waals surface area (Å²) in [7, 11) is 0. The van der Waals surface area contributed by atoms with Crippen LogP contribution in [0.15, 0.2) is 82.6 Å². The Morgan fingerprint density at radius 3 is 1.54 bits per heavy atom. The molecule has 0 atom stereocenters. The minimum absolute atomic E-state index is 0.242. The Hall–Kier alpha value is -2.30. The van der Waals surface area contributed by atoms with E-state index >= 15 is 0 Å². The molecule has 130 valence electrons. The number of hydrogen-bond acceptors (Lipinski definition) is 4. The summed E-state index contributed by atoms with van der Waals surface area (Å²) in [6.07, 6.45) is 6.49. The van der Waals surface area contributed by atoms with Crippen molar-refractivity contribution in [1.29, 1.82) is 0 Å². The molecule has 4 heteroatoms. The number of rotatable bonds is 6. The van der Waals surface area contributed by atoms with Crippen LogP contribution in [-0.4, -0.2) is 23.1 Å². The summed E-state index contributed by atoms with van der Waals surface area (Å²) < 4.78 is 0.829. The summed E-state index contributed by atoms with van der Waals surface area (Å²) in [4.78, 5) is 25.5. The molecule has 3 rings (SSSR count). The van der Waals surface area contributed by atoms with Gasteiger partial charge in [0.05, 0.1) is 9.81 Å². The predicted molar refractivity (Wildman–Crippen MR) is 113 cm³/mol. The number of carbonyl (C=O) groups excluding carboxylic acids is 2. The highest BCUT2D eigenvalue weighted by atomic mass is 32.2. The molecule has 1 aliphatic rings. The lowest BCUT2D eigenvalue weighted by Crippen LogP contribution is -2.10. The molecule has 0 radical (unpaired) electrons. The Morgan fingerprint density at radius 1 is 0.692 bits per heavy atom. The third kappa shape index (κ3) is 5.10. The van der Waals surface area contributed by atoms with Crippen molar-refractivity contribution in [3.05, 3.63) is 93.8 Å². The smallest absolute Gasteiger partial charge is 0.191 e. The monoisotopic (exact) mass is 378 g/mol. The van der Waals surface area contributed by atoms with Gasteiger partial charge in [-0.15, -0.1) is 23.5 Å². The van der Waals surface area contributed by atoms with Crippen LogP contribution in [0, 0.1) is 0 Å². The van der Waals surface area contributed by atoms with E-state index in [-0.39, 0.29) is 17.1 Å². The molecule has 0 spiro atoms. The molecule has 0 bridgehead atoms. The van der Waals surface area contributed by atoms with Gasteiger partial charge in [-0.1, -0.05) is 72.8 Å². The van der Waals surface area contributed by atoms with E-state index in [0.717, 1.165) is 26.9 Å². The van der Waals surface area contributed by atoms with Crippen molar-refractivity contribution in [1.82, 2.24) is 0 Å². The molecule has 2 aromatic carbocycles. The maximum atomic E-state index is 12.7. The van der Waals surface area contributed by atoms with E-state index in [1.54, 1.807) is 35.7 Å². The Kier molecular flexibility index (Phi) is 6.69. The van der Waals surface area contributed by atoms with E-state index in [2.05, 4.69) is 0 Å². The van der Waals surface area contributed by atoms with E-state index in [0.29, 0.717) is 0 Å². The minimum atomic E-state index is -0.242. The fourth-order valence-corrected chi connectivity index (χ4v) is 4.98. The lowest BCUT2D eigenvalue weighted by molar-refractivity contribution is -0.116. The average molecular weight is 379 g/mol. The third-order valence-corrected chi connectivity index (χ3v) is 6.41. The molecule has 0 unspecified atom stereocenters. The second-order valence-corrected chi connectivity index (χ2v) is 8.04. The van der Waals surface area contributed by atoms with Crippen molar-refractivity contribution < 1.29 is 9.59 Å². The normalized spacial score (nSPS) is 14.2. The molecule has 1 aliphatic heterocycles. The van der Waals surface area contributed by atoms with E-state index in [4.69, 9.17) is 0 Å². The first-order valence-electron chi connectivity index (χ1n) is 8.29. The van der Waals surface area contributed by atoms with Gasteiger partial charge in [0.25, 0.3) is 0 Å². The highest BCUT2D eigenvalue weighted by Crippen LogP contribution is 2.39. The van der Waals surface area contributed by atoms with Gasteiger partial charge >= 0.3 is 0 Å². The van der Waals surface area contributed by atoms with Crippen LogP contribution in [-0.2, 0) is 9.59 Å².